The summed E-state index contributed by atoms with van der Waals surface area (Å²) >= 11 is 0. The number of carbonyl (C=O) groups excluding carboxylic acids is 1. The van der Waals surface area contributed by atoms with Crippen molar-refractivity contribution in [3.05, 3.63) is 48.4 Å². The molecule has 2 N–H and O–H groups in total. The molecule has 136 valence electrons. The van der Waals surface area contributed by atoms with Crippen LogP contribution in [-0.4, -0.2) is 32.5 Å². The number of aliphatic carboxylic acids is 1. The van der Waals surface area contributed by atoms with Gasteiger partial charge in [0.25, 0.3) is 5.91 Å². The average Bonchev–Trinajstić information content (AvgIpc) is 2.89. The van der Waals surface area contributed by atoms with Gasteiger partial charge in [0, 0.05) is 18.0 Å². The SMILES string of the molecule is O=C(NC1(C(=O)O)CCCCCC1)c1cccc(Oc2cnccn2)c1. The lowest BCUT2D eigenvalue weighted by atomic mass is 9.90. The molecule has 1 amide bonds. The molecule has 1 aliphatic rings. The van der Waals surface area contributed by atoms with Crippen molar-refractivity contribution in [1.29, 1.82) is 0 Å². The highest BCUT2D eigenvalue weighted by Crippen LogP contribution is 2.28. The van der Waals surface area contributed by atoms with Crippen molar-refractivity contribution in [2.75, 3.05) is 0 Å². The van der Waals surface area contributed by atoms with E-state index in [1.165, 1.54) is 18.6 Å². The predicted molar refractivity (Wildman–Crippen MR) is 94.1 cm³/mol. The average molecular weight is 355 g/mol. The first-order valence-corrected chi connectivity index (χ1v) is 8.69. The van der Waals surface area contributed by atoms with Crippen molar-refractivity contribution >= 4 is 11.9 Å². The van der Waals surface area contributed by atoms with E-state index in [-0.39, 0.29) is 0 Å². The van der Waals surface area contributed by atoms with E-state index in [9.17, 15) is 14.7 Å². The van der Waals surface area contributed by atoms with E-state index in [0.717, 1.165) is 25.7 Å². The summed E-state index contributed by atoms with van der Waals surface area (Å²) in [7, 11) is 0. The molecule has 1 heterocycles. The maximum absolute atomic E-state index is 12.7. The lowest BCUT2D eigenvalue weighted by Gasteiger charge is -2.29. The Morgan fingerprint density at radius 2 is 1.88 bits per heavy atom. The molecule has 2 aromatic rings. The van der Waals surface area contributed by atoms with Crippen LogP contribution in [0.1, 0.15) is 48.9 Å². The van der Waals surface area contributed by atoms with Crippen molar-refractivity contribution in [2.45, 2.75) is 44.1 Å². The van der Waals surface area contributed by atoms with E-state index >= 15 is 0 Å². The third kappa shape index (κ3) is 4.17. The third-order valence-corrected chi connectivity index (χ3v) is 4.58. The van der Waals surface area contributed by atoms with Gasteiger partial charge in [0.1, 0.15) is 11.3 Å². The molecule has 1 fully saturated rings. The fourth-order valence-corrected chi connectivity index (χ4v) is 3.17. The lowest BCUT2D eigenvalue weighted by Crippen LogP contribution is -2.54. The minimum atomic E-state index is -1.20. The smallest absolute Gasteiger partial charge is 0.329 e. The zero-order valence-electron chi connectivity index (χ0n) is 14.4. The number of nitrogens with one attached hydrogen (secondary N) is 1. The summed E-state index contributed by atoms with van der Waals surface area (Å²) in [6.07, 6.45) is 8.98. The Kier molecular flexibility index (Phi) is 5.46. The highest BCUT2D eigenvalue weighted by Gasteiger charge is 2.40. The number of benzene rings is 1. The molecule has 1 aromatic heterocycles. The maximum atomic E-state index is 12.7. The quantitative estimate of drug-likeness (QED) is 0.799. The summed E-state index contributed by atoms with van der Waals surface area (Å²) in [4.78, 5) is 32.5. The van der Waals surface area contributed by atoms with Gasteiger partial charge in [-0.15, -0.1) is 0 Å². The number of hydrogen-bond acceptors (Lipinski definition) is 5. The normalized spacial score (nSPS) is 16.3. The highest BCUT2D eigenvalue weighted by atomic mass is 16.5. The Hall–Kier alpha value is -2.96. The van der Waals surface area contributed by atoms with Gasteiger partial charge >= 0.3 is 5.97 Å². The van der Waals surface area contributed by atoms with Gasteiger partial charge in [-0.1, -0.05) is 31.7 Å². The molecular weight excluding hydrogens is 334 g/mol. The number of ether oxygens (including phenoxy) is 1. The first kappa shape index (κ1) is 17.8. The number of amides is 1. The Morgan fingerprint density at radius 3 is 2.54 bits per heavy atom. The molecule has 0 spiro atoms. The van der Waals surface area contributed by atoms with E-state index < -0.39 is 17.4 Å². The molecule has 1 aliphatic carbocycles. The van der Waals surface area contributed by atoms with Crippen molar-refractivity contribution in [2.24, 2.45) is 0 Å². The number of rotatable bonds is 5. The van der Waals surface area contributed by atoms with E-state index in [1.54, 1.807) is 24.3 Å². The van der Waals surface area contributed by atoms with E-state index in [4.69, 9.17) is 4.74 Å². The Balaban J connectivity index is 1.76. The molecule has 26 heavy (non-hydrogen) atoms. The van der Waals surface area contributed by atoms with Crippen LogP contribution >= 0.6 is 0 Å². The van der Waals surface area contributed by atoms with Crippen molar-refractivity contribution in [3.63, 3.8) is 0 Å². The molecule has 3 rings (SSSR count). The summed E-state index contributed by atoms with van der Waals surface area (Å²) in [5.74, 6) is -0.641. The fourth-order valence-electron chi connectivity index (χ4n) is 3.17. The molecule has 0 radical (unpaired) electrons. The van der Waals surface area contributed by atoms with Gasteiger partial charge < -0.3 is 15.2 Å². The van der Waals surface area contributed by atoms with Gasteiger partial charge in [0.15, 0.2) is 0 Å². The maximum Gasteiger partial charge on any atom is 0.329 e. The second-order valence-corrected chi connectivity index (χ2v) is 6.43. The zero-order valence-corrected chi connectivity index (χ0v) is 14.4. The van der Waals surface area contributed by atoms with E-state index in [2.05, 4.69) is 15.3 Å². The van der Waals surface area contributed by atoms with E-state index in [1.807, 2.05) is 0 Å². The Labute approximate surface area is 151 Å². The summed E-state index contributed by atoms with van der Waals surface area (Å²) in [6, 6.07) is 6.58. The first-order chi connectivity index (χ1) is 12.6. The minimum absolute atomic E-state index is 0.316. The number of nitrogens with zero attached hydrogens (tertiary/aromatic N) is 2. The van der Waals surface area contributed by atoms with Crippen molar-refractivity contribution < 1.29 is 19.4 Å². The Morgan fingerprint density at radius 1 is 1.12 bits per heavy atom. The van der Waals surface area contributed by atoms with Gasteiger partial charge in [-0.3, -0.25) is 9.78 Å². The summed E-state index contributed by atoms with van der Waals surface area (Å²) in [5, 5.41) is 12.5. The second-order valence-electron chi connectivity index (χ2n) is 6.43. The van der Waals surface area contributed by atoms with Gasteiger partial charge in [0.2, 0.25) is 5.88 Å². The standard InChI is InChI=1S/C19H21N3O4/c23-17(22-19(18(24)25)8-3-1-2-4-9-19)14-6-5-7-15(12-14)26-16-13-20-10-11-21-16/h5-7,10-13H,1-4,8-9H2,(H,22,23)(H,24,25). The van der Waals surface area contributed by atoms with Crippen molar-refractivity contribution in [1.82, 2.24) is 15.3 Å². The van der Waals surface area contributed by atoms with E-state index in [0.29, 0.717) is 30.0 Å². The molecule has 0 unspecified atom stereocenters. The molecule has 1 saturated carbocycles. The number of carboxylic acids is 1. The molecule has 0 aliphatic heterocycles. The highest BCUT2D eigenvalue weighted by molar-refractivity contribution is 5.98. The first-order valence-electron chi connectivity index (χ1n) is 8.69. The Bertz CT molecular complexity index is 771. The third-order valence-electron chi connectivity index (χ3n) is 4.58. The van der Waals surface area contributed by atoms with Crippen LogP contribution in [0.5, 0.6) is 11.6 Å². The van der Waals surface area contributed by atoms with Crippen LogP contribution in [0.2, 0.25) is 0 Å². The topological polar surface area (TPSA) is 101 Å². The fraction of sp³-hybridized carbons (Fsp3) is 0.368. The summed E-state index contributed by atoms with van der Waals surface area (Å²) in [6.45, 7) is 0. The molecule has 7 nitrogen and oxygen atoms in total. The van der Waals surface area contributed by atoms with Crippen LogP contribution in [0.3, 0.4) is 0 Å². The number of hydrogen-bond donors (Lipinski definition) is 2. The molecular formula is C19H21N3O4. The molecule has 7 heteroatoms. The molecule has 0 saturated heterocycles. The van der Waals surface area contributed by atoms with Crippen LogP contribution in [0.15, 0.2) is 42.9 Å². The van der Waals surface area contributed by atoms with Crippen LogP contribution in [0.4, 0.5) is 0 Å². The number of carbonyl (C=O) groups is 2. The summed E-state index contributed by atoms with van der Waals surface area (Å²) < 4.78 is 5.58. The van der Waals surface area contributed by atoms with Crippen molar-refractivity contribution in [3.8, 4) is 11.6 Å². The minimum Gasteiger partial charge on any atom is -0.480 e. The molecule has 0 bridgehead atoms. The van der Waals surface area contributed by atoms with Gasteiger partial charge in [-0.05, 0) is 31.0 Å². The molecule has 1 aromatic carbocycles. The summed E-state index contributed by atoms with van der Waals surface area (Å²) in [5.41, 5.74) is -0.855. The number of aromatic nitrogens is 2. The van der Waals surface area contributed by atoms with Crippen LogP contribution in [0, 0.1) is 0 Å². The lowest BCUT2D eigenvalue weighted by molar-refractivity contribution is -0.145. The number of carboxylic acid groups (broad SMARTS) is 1. The van der Waals surface area contributed by atoms with Gasteiger partial charge in [0.05, 0.1) is 6.20 Å². The zero-order chi connectivity index (χ0) is 18.4. The monoisotopic (exact) mass is 355 g/mol. The van der Waals surface area contributed by atoms with Gasteiger partial charge in [-0.25, -0.2) is 9.78 Å². The second kappa shape index (κ2) is 7.95. The van der Waals surface area contributed by atoms with Gasteiger partial charge in [-0.2, -0.15) is 0 Å². The predicted octanol–water partition coefficient (Wildman–Crippen LogP) is 3.18. The van der Waals surface area contributed by atoms with Crippen LogP contribution in [-0.2, 0) is 4.79 Å². The largest absolute Gasteiger partial charge is 0.480 e. The molecule has 0 atom stereocenters. The van der Waals surface area contributed by atoms with Crippen LogP contribution < -0.4 is 10.1 Å². The van der Waals surface area contributed by atoms with Crippen LogP contribution in [0.25, 0.3) is 0 Å².